The molecule has 1 aliphatic carbocycles. The minimum atomic E-state index is -3.85. The van der Waals surface area contributed by atoms with Gasteiger partial charge in [0.05, 0.1) is 19.8 Å². The van der Waals surface area contributed by atoms with Gasteiger partial charge in [0.25, 0.3) is 0 Å². The monoisotopic (exact) mass is 584 g/mol. The molecule has 1 atom stereocenters. The second-order valence-corrected chi connectivity index (χ2v) is 11.9. The molecule has 1 saturated carbocycles. The summed E-state index contributed by atoms with van der Waals surface area (Å²) < 4.78 is 50.6. The van der Waals surface area contributed by atoms with E-state index in [2.05, 4.69) is 19.8 Å². The predicted octanol–water partition coefficient (Wildman–Crippen LogP) is 3.11. The lowest BCUT2D eigenvalue weighted by Gasteiger charge is -2.35. The summed E-state index contributed by atoms with van der Waals surface area (Å²) in [5.74, 6) is -2.46. The Kier molecular flexibility index (Phi) is 8.81. The number of halogens is 2. The molecule has 0 amide bonds. The van der Waals surface area contributed by atoms with Crippen molar-refractivity contribution in [1.82, 2.24) is 15.0 Å². The van der Waals surface area contributed by atoms with Crippen LogP contribution in [0.15, 0.2) is 46.0 Å². The Morgan fingerprint density at radius 1 is 1.21 bits per heavy atom. The van der Waals surface area contributed by atoms with Crippen molar-refractivity contribution in [2.45, 2.75) is 37.8 Å². The molecule has 1 aromatic heterocycles. The number of carbonyl (C=O) groups is 2. The van der Waals surface area contributed by atoms with Gasteiger partial charge in [-0.05, 0) is 43.7 Å². The standard InChI is InChI=1S/C24H26ClFN4O6S2/c1-35-18(31)12-38(33,34)30-15-6-3-13(4-7-15)20-19(24(32)36-2)21(16-8-5-14(26)11-17(16)25)29-22(28-20)23-27-9-10-37-23/h5,8-11,13,15,21,30H,3-4,6-7,12H2,1-2H3,(H,28,29). The number of ether oxygens (including phenoxy) is 2. The minimum absolute atomic E-state index is 0.114. The van der Waals surface area contributed by atoms with Gasteiger partial charge in [-0.1, -0.05) is 17.7 Å². The van der Waals surface area contributed by atoms with Crippen molar-refractivity contribution < 1.29 is 31.9 Å². The van der Waals surface area contributed by atoms with Gasteiger partial charge in [0, 0.05) is 33.9 Å². The molecule has 204 valence electrons. The lowest BCUT2D eigenvalue weighted by molar-refractivity contribution is -0.138. The molecule has 1 aliphatic heterocycles. The lowest BCUT2D eigenvalue weighted by atomic mass is 9.80. The molecule has 0 radical (unpaired) electrons. The number of rotatable bonds is 8. The van der Waals surface area contributed by atoms with Crippen LogP contribution in [0.5, 0.6) is 0 Å². The van der Waals surface area contributed by atoms with Gasteiger partial charge >= 0.3 is 11.9 Å². The van der Waals surface area contributed by atoms with E-state index in [0.29, 0.717) is 47.8 Å². The normalized spacial score (nSPS) is 21.9. The van der Waals surface area contributed by atoms with E-state index in [9.17, 15) is 22.4 Å². The molecule has 1 unspecified atom stereocenters. The van der Waals surface area contributed by atoms with Crippen molar-refractivity contribution in [3.8, 4) is 0 Å². The predicted molar refractivity (Wildman–Crippen MR) is 140 cm³/mol. The molecule has 2 N–H and O–H groups in total. The number of methoxy groups -OCH3 is 2. The molecule has 4 rings (SSSR count). The maximum absolute atomic E-state index is 13.8. The van der Waals surface area contributed by atoms with Gasteiger partial charge in [0.2, 0.25) is 10.0 Å². The number of hydrogen-bond acceptors (Lipinski definition) is 10. The van der Waals surface area contributed by atoms with Crippen LogP contribution in [-0.2, 0) is 29.1 Å². The summed E-state index contributed by atoms with van der Waals surface area (Å²) in [4.78, 5) is 33.6. The molecule has 1 fully saturated rings. The number of allylic oxidation sites excluding steroid dienone is 1. The quantitative estimate of drug-likeness (QED) is 0.452. The van der Waals surface area contributed by atoms with Crippen molar-refractivity contribution in [2.75, 3.05) is 20.0 Å². The van der Waals surface area contributed by atoms with Crippen molar-refractivity contribution in [3.05, 3.63) is 62.5 Å². The highest BCUT2D eigenvalue weighted by atomic mass is 35.5. The third-order valence-electron chi connectivity index (χ3n) is 6.39. The Hall–Kier alpha value is -2.87. The van der Waals surface area contributed by atoms with Gasteiger partial charge in [-0.2, -0.15) is 0 Å². The first-order chi connectivity index (χ1) is 18.1. The fourth-order valence-electron chi connectivity index (χ4n) is 4.63. The van der Waals surface area contributed by atoms with Gasteiger partial charge in [-0.3, -0.25) is 9.79 Å². The largest absolute Gasteiger partial charge is 0.468 e. The van der Waals surface area contributed by atoms with Gasteiger partial charge in [-0.25, -0.2) is 27.3 Å². The number of aromatic nitrogens is 1. The van der Waals surface area contributed by atoms with E-state index >= 15 is 0 Å². The zero-order chi connectivity index (χ0) is 27.4. The third-order valence-corrected chi connectivity index (χ3v) is 8.80. The molecule has 2 heterocycles. The molecule has 38 heavy (non-hydrogen) atoms. The summed E-state index contributed by atoms with van der Waals surface area (Å²) in [6.45, 7) is 0. The summed E-state index contributed by atoms with van der Waals surface area (Å²) in [5, 5.41) is 5.78. The molecule has 0 bridgehead atoms. The van der Waals surface area contributed by atoms with Crippen LogP contribution >= 0.6 is 22.9 Å². The second-order valence-electron chi connectivity index (χ2n) is 8.83. The number of benzene rings is 1. The number of amidine groups is 1. The van der Waals surface area contributed by atoms with E-state index in [4.69, 9.17) is 21.3 Å². The fraction of sp³-hybridized carbons (Fsp3) is 0.417. The molecular weight excluding hydrogens is 559 g/mol. The second kappa shape index (κ2) is 11.9. The molecule has 1 aromatic carbocycles. The maximum atomic E-state index is 13.8. The molecule has 10 nitrogen and oxygen atoms in total. The molecule has 2 aliphatic rings. The maximum Gasteiger partial charge on any atom is 0.338 e. The zero-order valence-electron chi connectivity index (χ0n) is 20.6. The number of sulfonamides is 1. The first kappa shape index (κ1) is 28.1. The van der Waals surface area contributed by atoms with E-state index in [-0.39, 0.29) is 22.6 Å². The van der Waals surface area contributed by atoms with Crippen LogP contribution in [0.1, 0.15) is 42.3 Å². The zero-order valence-corrected chi connectivity index (χ0v) is 23.0. The number of nitrogens with zero attached hydrogens (tertiary/aromatic N) is 2. The number of thiazole rings is 1. The Labute approximate surface area is 228 Å². The van der Waals surface area contributed by atoms with E-state index in [1.807, 2.05) is 0 Å². The van der Waals surface area contributed by atoms with Crippen LogP contribution in [0.25, 0.3) is 0 Å². The van der Waals surface area contributed by atoms with Gasteiger partial charge < -0.3 is 14.8 Å². The van der Waals surface area contributed by atoms with Gasteiger partial charge in [-0.15, -0.1) is 11.3 Å². The third kappa shape index (κ3) is 6.40. The van der Waals surface area contributed by atoms with Crippen molar-refractivity contribution in [3.63, 3.8) is 0 Å². The van der Waals surface area contributed by atoms with Gasteiger partial charge in [0.1, 0.15) is 11.9 Å². The number of hydrogen-bond donors (Lipinski definition) is 2. The van der Waals surface area contributed by atoms with E-state index in [1.54, 1.807) is 11.6 Å². The number of esters is 2. The molecule has 0 spiro atoms. The fourth-order valence-corrected chi connectivity index (χ4v) is 6.74. The van der Waals surface area contributed by atoms with Crippen LogP contribution in [0.4, 0.5) is 4.39 Å². The number of carbonyl (C=O) groups excluding carboxylic acids is 2. The molecule has 14 heteroatoms. The number of aliphatic imine (C=N–C) groups is 1. The summed E-state index contributed by atoms with van der Waals surface area (Å²) in [5.41, 5.74) is 1.26. The van der Waals surface area contributed by atoms with E-state index < -0.39 is 39.6 Å². The highest BCUT2D eigenvalue weighted by Gasteiger charge is 2.38. The molecular formula is C24H26ClFN4O6S2. The molecule has 2 aromatic rings. The van der Waals surface area contributed by atoms with Crippen LogP contribution in [0, 0.1) is 11.7 Å². The van der Waals surface area contributed by atoms with Crippen LogP contribution in [0.2, 0.25) is 5.02 Å². The Morgan fingerprint density at radius 3 is 2.55 bits per heavy atom. The summed E-state index contributed by atoms with van der Waals surface area (Å²) in [6, 6.07) is 2.66. The number of nitrogens with one attached hydrogen (secondary N) is 2. The Morgan fingerprint density at radius 2 is 1.95 bits per heavy atom. The average molecular weight is 585 g/mol. The minimum Gasteiger partial charge on any atom is -0.468 e. The van der Waals surface area contributed by atoms with Crippen molar-refractivity contribution in [2.24, 2.45) is 10.9 Å². The smallest absolute Gasteiger partial charge is 0.338 e. The molecule has 0 saturated heterocycles. The first-order valence-corrected chi connectivity index (χ1v) is 14.6. The Bertz CT molecular complexity index is 1370. The average Bonchev–Trinajstić information content (AvgIpc) is 3.42. The Balaban J connectivity index is 1.66. The first-order valence-electron chi connectivity index (χ1n) is 11.7. The topological polar surface area (TPSA) is 136 Å². The highest BCUT2D eigenvalue weighted by molar-refractivity contribution is 7.90. The van der Waals surface area contributed by atoms with Crippen LogP contribution < -0.4 is 10.0 Å². The SMILES string of the molecule is COC(=O)CS(=O)(=O)NC1CCC(C2=C(C(=O)OC)C(c3ccc(F)cc3Cl)N=C(c3nccs3)N2)CC1. The van der Waals surface area contributed by atoms with Crippen molar-refractivity contribution >= 4 is 50.7 Å². The van der Waals surface area contributed by atoms with E-state index in [0.717, 1.165) is 13.2 Å². The summed E-state index contributed by atoms with van der Waals surface area (Å²) in [6.07, 6.45) is 3.63. The van der Waals surface area contributed by atoms with E-state index in [1.165, 1.54) is 30.6 Å². The van der Waals surface area contributed by atoms with Crippen LogP contribution in [0.3, 0.4) is 0 Å². The van der Waals surface area contributed by atoms with Gasteiger partial charge in [0.15, 0.2) is 16.6 Å². The summed E-state index contributed by atoms with van der Waals surface area (Å²) in [7, 11) is -1.46. The van der Waals surface area contributed by atoms with Crippen molar-refractivity contribution in [1.29, 1.82) is 0 Å². The van der Waals surface area contributed by atoms with Crippen LogP contribution in [-0.4, -0.2) is 57.2 Å². The lowest BCUT2D eigenvalue weighted by Crippen LogP contribution is -2.42. The summed E-state index contributed by atoms with van der Waals surface area (Å²) >= 11 is 7.75. The highest BCUT2D eigenvalue weighted by Crippen LogP contribution is 2.41.